The highest BCUT2D eigenvalue weighted by molar-refractivity contribution is 6.94. The molecule has 0 nitrogen and oxygen atoms in total. The normalized spacial score (nSPS) is 33.5. The van der Waals surface area contributed by atoms with Crippen LogP contribution in [-0.4, -0.2) is 8.07 Å². The second-order valence-corrected chi connectivity index (χ2v) is 13.7. The van der Waals surface area contributed by atoms with Crippen LogP contribution in [0.25, 0.3) is 0 Å². The first kappa shape index (κ1) is 15.0. The zero-order valence-corrected chi connectivity index (χ0v) is 16.0. The summed E-state index contributed by atoms with van der Waals surface area (Å²) in [7, 11) is -1.47. The van der Waals surface area contributed by atoms with Gasteiger partial charge < -0.3 is 0 Å². The Morgan fingerprint density at radius 2 is 1.67 bits per heavy atom. The fourth-order valence-electron chi connectivity index (χ4n) is 6.74. The third-order valence-corrected chi connectivity index (χ3v) is 14.3. The van der Waals surface area contributed by atoms with Crippen LogP contribution in [0.1, 0.15) is 61.6 Å². The lowest BCUT2D eigenvalue weighted by Gasteiger charge is -2.48. The molecule has 2 bridgehead atoms. The van der Waals surface area contributed by atoms with Crippen molar-refractivity contribution in [3.8, 4) is 0 Å². The van der Waals surface area contributed by atoms with Crippen LogP contribution >= 0.6 is 0 Å². The molecule has 2 aromatic rings. The van der Waals surface area contributed by atoms with Crippen molar-refractivity contribution in [1.29, 1.82) is 0 Å². The van der Waals surface area contributed by atoms with Crippen LogP contribution in [0, 0.1) is 0 Å². The van der Waals surface area contributed by atoms with Gasteiger partial charge in [-0.1, -0.05) is 80.0 Å². The first-order valence-electron chi connectivity index (χ1n) is 9.89. The van der Waals surface area contributed by atoms with Gasteiger partial charge in [0.15, 0.2) is 0 Å². The standard InChI is InChI=1S/C23H28Si/c1-16(2)24(13-7-9-17-8-3-6-12-22(17)24)23-15-18-14-21(23)20-11-5-4-10-19(18)20/h3-6,8,10-12,16,18,21,23H,7,9,13-15H2,1-2H3/t18?,21?,23?,24-/m0/s1. The largest absolute Gasteiger partial charge is 0.0932 e. The van der Waals surface area contributed by atoms with Gasteiger partial charge >= 0.3 is 0 Å². The van der Waals surface area contributed by atoms with E-state index in [1.54, 1.807) is 16.7 Å². The number of fused-ring (bicyclic) bond motifs is 6. The molecule has 1 aliphatic heterocycles. The minimum atomic E-state index is -1.47. The van der Waals surface area contributed by atoms with E-state index >= 15 is 0 Å². The molecule has 0 saturated heterocycles. The van der Waals surface area contributed by atoms with Crippen LogP contribution in [0.3, 0.4) is 0 Å². The van der Waals surface area contributed by atoms with Crippen molar-refractivity contribution < 1.29 is 0 Å². The Morgan fingerprint density at radius 1 is 0.917 bits per heavy atom. The zero-order valence-electron chi connectivity index (χ0n) is 15.0. The number of hydrogen-bond donors (Lipinski definition) is 0. The average molecular weight is 333 g/mol. The molecule has 3 unspecified atom stereocenters. The third kappa shape index (κ3) is 1.85. The fourth-order valence-corrected chi connectivity index (χ4v) is 13.5. The van der Waals surface area contributed by atoms with E-state index in [-0.39, 0.29) is 0 Å². The van der Waals surface area contributed by atoms with E-state index in [4.69, 9.17) is 0 Å². The van der Waals surface area contributed by atoms with Gasteiger partial charge in [-0.25, -0.2) is 0 Å². The Balaban J connectivity index is 1.65. The molecule has 0 spiro atoms. The summed E-state index contributed by atoms with van der Waals surface area (Å²) < 4.78 is 0. The van der Waals surface area contributed by atoms with E-state index in [0.29, 0.717) is 0 Å². The first-order valence-corrected chi connectivity index (χ1v) is 12.2. The Kier molecular flexibility index (Phi) is 3.32. The maximum absolute atomic E-state index is 2.55. The van der Waals surface area contributed by atoms with Crippen LogP contribution in [0.5, 0.6) is 0 Å². The van der Waals surface area contributed by atoms with Gasteiger partial charge in [-0.15, -0.1) is 0 Å². The molecule has 1 saturated carbocycles. The molecule has 0 amide bonds. The molecular formula is C23H28Si. The molecule has 1 heterocycles. The van der Waals surface area contributed by atoms with Crippen molar-refractivity contribution in [1.82, 2.24) is 0 Å². The summed E-state index contributed by atoms with van der Waals surface area (Å²) in [5.74, 6) is 1.71. The van der Waals surface area contributed by atoms with Crippen LogP contribution in [-0.2, 0) is 6.42 Å². The van der Waals surface area contributed by atoms with E-state index < -0.39 is 8.07 Å². The van der Waals surface area contributed by atoms with Crippen molar-refractivity contribution in [2.24, 2.45) is 0 Å². The Morgan fingerprint density at radius 3 is 2.50 bits per heavy atom. The van der Waals surface area contributed by atoms with Gasteiger partial charge in [0.25, 0.3) is 0 Å². The quantitative estimate of drug-likeness (QED) is 0.615. The smallest absolute Gasteiger partial charge is 0.0648 e. The molecular weight excluding hydrogens is 304 g/mol. The van der Waals surface area contributed by atoms with Crippen molar-refractivity contribution in [3.05, 3.63) is 65.2 Å². The van der Waals surface area contributed by atoms with Crippen LogP contribution in [0.4, 0.5) is 0 Å². The van der Waals surface area contributed by atoms with Gasteiger partial charge in [0.1, 0.15) is 0 Å². The lowest BCUT2D eigenvalue weighted by atomic mass is 9.91. The van der Waals surface area contributed by atoms with Crippen molar-refractivity contribution >= 4 is 13.3 Å². The summed E-state index contributed by atoms with van der Waals surface area (Å²) in [6.45, 7) is 5.10. The van der Waals surface area contributed by atoms with Crippen LogP contribution < -0.4 is 5.19 Å². The minimum absolute atomic E-state index is 0.853. The molecule has 1 fully saturated rings. The molecule has 5 rings (SSSR count). The molecule has 0 aromatic heterocycles. The van der Waals surface area contributed by atoms with E-state index in [0.717, 1.165) is 22.9 Å². The lowest BCUT2D eigenvalue weighted by Crippen LogP contribution is -2.58. The molecule has 3 aliphatic rings. The Labute approximate surface area is 147 Å². The number of hydrogen-bond acceptors (Lipinski definition) is 0. The second kappa shape index (κ2) is 5.33. The van der Waals surface area contributed by atoms with Crippen molar-refractivity contribution in [2.75, 3.05) is 0 Å². The summed E-state index contributed by atoms with van der Waals surface area (Å²) in [5, 5.41) is 1.83. The molecule has 1 heteroatoms. The molecule has 0 N–H and O–H groups in total. The monoisotopic (exact) mass is 332 g/mol. The molecule has 4 atom stereocenters. The minimum Gasteiger partial charge on any atom is -0.0648 e. The second-order valence-electron chi connectivity index (χ2n) is 8.72. The molecule has 24 heavy (non-hydrogen) atoms. The highest BCUT2D eigenvalue weighted by Crippen LogP contribution is 2.64. The van der Waals surface area contributed by atoms with Crippen LogP contribution in [0.15, 0.2) is 48.5 Å². The van der Waals surface area contributed by atoms with Gasteiger partial charge in [-0.05, 0) is 58.9 Å². The van der Waals surface area contributed by atoms with Crippen molar-refractivity contribution in [3.63, 3.8) is 0 Å². The van der Waals surface area contributed by atoms with Gasteiger partial charge in [0.05, 0.1) is 8.07 Å². The number of aryl methyl sites for hydroxylation is 1. The highest BCUT2D eigenvalue weighted by Gasteiger charge is 2.56. The fraction of sp³-hybridized carbons (Fsp3) is 0.478. The SMILES string of the molecule is CC(C)[Si@@]1(C2CC3CC2c2ccccc23)CCCc2ccccc21. The maximum Gasteiger partial charge on any atom is 0.0932 e. The van der Waals surface area contributed by atoms with Gasteiger partial charge in [0.2, 0.25) is 0 Å². The molecule has 0 radical (unpaired) electrons. The maximum atomic E-state index is 2.55. The molecule has 2 aliphatic carbocycles. The summed E-state index contributed by atoms with van der Waals surface area (Å²) >= 11 is 0. The van der Waals surface area contributed by atoms with E-state index in [1.165, 1.54) is 31.7 Å². The first-order chi connectivity index (χ1) is 11.7. The molecule has 124 valence electrons. The molecule has 2 aromatic carbocycles. The average Bonchev–Trinajstić information content (AvgIpc) is 3.21. The summed E-state index contributed by atoms with van der Waals surface area (Å²) in [4.78, 5) is 0. The Bertz CT molecular complexity index is 777. The predicted octanol–water partition coefficient (Wildman–Crippen LogP) is 5.74. The van der Waals surface area contributed by atoms with E-state index in [9.17, 15) is 0 Å². The topological polar surface area (TPSA) is 0 Å². The summed E-state index contributed by atoms with van der Waals surface area (Å²) in [6, 6.07) is 20.4. The zero-order chi connectivity index (χ0) is 16.3. The third-order valence-electron chi connectivity index (χ3n) is 7.65. The summed E-state index contributed by atoms with van der Waals surface area (Å²) in [5.41, 5.74) is 6.93. The lowest BCUT2D eigenvalue weighted by molar-refractivity contribution is 0.661. The van der Waals surface area contributed by atoms with Gasteiger partial charge in [-0.2, -0.15) is 0 Å². The predicted molar refractivity (Wildman–Crippen MR) is 105 cm³/mol. The number of benzene rings is 2. The van der Waals surface area contributed by atoms with E-state index in [2.05, 4.69) is 62.4 Å². The van der Waals surface area contributed by atoms with Gasteiger partial charge in [0, 0.05) is 0 Å². The Hall–Kier alpha value is -1.34. The highest BCUT2D eigenvalue weighted by atomic mass is 28.3. The van der Waals surface area contributed by atoms with Crippen LogP contribution in [0.2, 0.25) is 17.1 Å². The van der Waals surface area contributed by atoms with E-state index in [1.807, 2.05) is 5.19 Å². The number of rotatable bonds is 2. The summed E-state index contributed by atoms with van der Waals surface area (Å²) in [6.07, 6.45) is 5.65. The van der Waals surface area contributed by atoms with Crippen molar-refractivity contribution in [2.45, 2.75) is 68.5 Å². The van der Waals surface area contributed by atoms with Gasteiger partial charge in [-0.3, -0.25) is 0 Å².